The van der Waals surface area contributed by atoms with E-state index in [0.29, 0.717) is 16.3 Å². The molecule has 0 unspecified atom stereocenters. The van der Waals surface area contributed by atoms with Crippen molar-refractivity contribution in [3.05, 3.63) is 64.5 Å². The summed E-state index contributed by atoms with van der Waals surface area (Å²) in [5.74, 6) is 0.730. The van der Waals surface area contributed by atoms with Crippen LogP contribution in [0.1, 0.15) is 28.8 Å². The molecule has 0 radical (unpaired) electrons. The van der Waals surface area contributed by atoms with Crippen LogP contribution < -0.4 is 4.31 Å². The van der Waals surface area contributed by atoms with E-state index >= 15 is 0 Å². The van der Waals surface area contributed by atoms with Gasteiger partial charge in [-0.15, -0.1) is 23.1 Å². The number of nitrogens with zero attached hydrogens (tertiary/aromatic N) is 2. The van der Waals surface area contributed by atoms with Crippen LogP contribution >= 0.6 is 23.1 Å². The number of fused-ring (bicyclic) bond motifs is 2. The van der Waals surface area contributed by atoms with E-state index in [1.54, 1.807) is 28.2 Å². The molecule has 2 heterocycles. The number of rotatable bonds is 3. The van der Waals surface area contributed by atoms with Gasteiger partial charge in [0.05, 0.1) is 10.6 Å². The van der Waals surface area contributed by atoms with Crippen molar-refractivity contribution in [1.82, 2.24) is 0 Å². The average Bonchev–Trinajstić information content (AvgIpc) is 3.27. The van der Waals surface area contributed by atoms with Crippen LogP contribution in [0.5, 0.6) is 0 Å². The third-order valence-corrected chi connectivity index (χ3v) is 9.58. The Bertz CT molecular complexity index is 1270. The van der Waals surface area contributed by atoms with Gasteiger partial charge in [-0.05, 0) is 78.8 Å². The molecule has 0 N–H and O–H groups in total. The SMILES string of the molecule is N#Cc1ccc(-c2ccc3c(c2)N(S(=O)(=O)c2ccc4c(c2)CCCC4)CCS3)s1. The van der Waals surface area contributed by atoms with Gasteiger partial charge in [-0.25, -0.2) is 8.42 Å². The van der Waals surface area contributed by atoms with Crippen molar-refractivity contribution in [3.8, 4) is 16.5 Å². The lowest BCUT2D eigenvalue weighted by Gasteiger charge is -2.31. The predicted octanol–water partition coefficient (Wildman–Crippen LogP) is 5.47. The highest BCUT2D eigenvalue weighted by Gasteiger charge is 2.30. The number of sulfonamides is 1. The number of hydrogen-bond acceptors (Lipinski definition) is 5. The molecule has 1 aliphatic heterocycles. The van der Waals surface area contributed by atoms with Crippen molar-refractivity contribution >= 4 is 38.8 Å². The maximum Gasteiger partial charge on any atom is 0.264 e. The van der Waals surface area contributed by atoms with Crippen LogP contribution in [0.25, 0.3) is 10.4 Å². The van der Waals surface area contributed by atoms with Crippen molar-refractivity contribution in [1.29, 1.82) is 5.26 Å². The zero-order valence-corrected chi connectivity index (χ0v) is 18.7. The molecule has 30 heavy (non-hydrogen) atoms. The maximum absolute atomic E-state index is 13.6. The lowest BCUT2D eigenvalue weighted by molar-refractivity contribution is 0.590. The van der Waals surface area contributed by atoms with Crippen molar-refractivity contribution < 1.29 is 8.42 Å². The number of thiophene rings is 1. The molecule has 0 bridgehead atoms. The van der Waals surface area contributed by atoms with Crippen LogP contribution in [-0.4, -0.2) is 20.7 Å². The number of aryl methyl sites for hydroxylation is 2. The Balaban J connectivity index is 1.56. The van der Waals surface area contributed by atoms with E-state index in [-0.39, 0.29) is 0 Å². The second-order valence-electron chi connectivity index (χ2n) is 7.52. The van der Waals surface area contributed by atoms with Gasteiger partial charge in [0.15, 0.2) is 0 Å². The summed E-state index contributed by atoms with van der Waals surface area (Å²) in [5, 5.41) is 9.12. The van der Waals surface area contributed by atoms with E-state index in [2.05, 4.69) is 6.07 Å². The first-order valence-corrected chi connectivity index (χ1v) is 13.2. The van der Waals surface area contributed by atoms with Gasteiger partial charge in [-0.2, -0.15) is 5.26 Å². The van der Waals surface area contributed by atoms with Crippen LogP contribution in [0.3, 0.4) is 0 Å². The van der Waals surface area contributed by atoms with Gasteiger partial charge in [0.2, 0.25) is 0 Å². The number of benzene rings is 2. The second kappa shape index (κ2) is 7.77. The highest BCUT2D eigenvalue weighted by atomic mass is 32.2. The first-order valence-electron chi connectivity index (χ1n) is 9.98. The standard InChI is InChI=1S/C23H20N2O2S3/c24-15-19-7-10-22(29-19)18-6-9-23-21(14-18)25(11-12-28-23)30(26,27)20-8-5-16-3-1-2-4-17(16)13-20/h5-10,13-14H,1-4,11-12H2. The Morgan fingerprint density at radius 1 is 0.967 bits per heavy atom. The molecule has 0 saturated heterocycles. The molecule has 4 nitrogen and oxygen atoms in total. The molecule has 5 rings (SSSR count). The Labute approximate surface area is 185 Å². The smallest absolute Gasteiger partial charge is 0.264 e. The number of thioether (sulfide) groups is 1. The second-order valence-corrected chi connectivity index (χ2v) is 11.6. The van der Waals surface area contributed by atoms with E-state index in [1.165, 1.54) is 28.9 Å². The molecule has 0 fully saturated rings. The number of anilines is 1. The Kier molecular flexibility index (Phi) is 5.10. The summed E-state index contributed by atoms with van der Waals surface area (Å²) in [6.07, 6.45) is 4.28. The van der Waals surface area contributed by atoms with E-state index in [1.807, 2.05) is 36.4 Å². The summed E-state index contributed by atoms with van der Waals surface area (Å²) in [5.41, 5.74) is 4.12. The Morgan fingerprint density at radius 3 is 2.60 bits per heavy atom. The van der Waals surface area contributed by atoms with Gasteiger partial charge < -0.3 is 0 Å². The molecule has 2 aromatic carbocycles. The van der Waals surface area contributed by atoms with Crippen molar-refractivity contribution in [2.45, 2.75) is 35.5 Å². The molecule has 0 spiro atoms. The molecule has 152 valence electrons. The van der Waals surface area contributed by atoms with Crippen LogP contribution in [0.2, 0.25) is 0 Å². The van der Waals surface area contributed by atoms with E-state index in [9.17, 15) is 8.42 Å². The zero-order valence-electron chi connectivity index (χ0n) is 16.3. The molecule has 7 heteroatoms. The first kappa shape index (κ1) is 19.7. The van der Waals surface area contributed by atoms with Crippen LogP contribution in [0, 0.1) is 11.3 Å². The molecule has 3 aromatic rings. The Hall–Kier alpha value is -2.27. The van der Waals surface area contributed by atoms with E-state index < -0.39 is 10.0 Å². The molecule has 0 atom stereocenters. The summed E-state index contributed by atoms with van der Waals surface area (Å²) in [4.78, 5) is 2.98. The highest BCUT2D eigenvalue weighted by Crippen LogP contribution is 2.41. The first-order chi connectivity index (χ1) is 14.6. The maximum atomic E-state index is 13.6. The van der Waals surface area contributed by atoms with Crippen molar-refractivity contribution in [2.24, 2.45) is 0 Å². The summed E-state index contributed by atoms with van der Waals surface area (Å²) in [6.45, 7) is 0.453. The number of nitriles is 1. The minimum absolute atomic E-state index is 0.384. The molecular formula is C23H20N2O2S3. The molecular weight excluding hydrogens is 432 g/mol. The van der Waals surface area contributed by atoms with Crippen LogP contribution in [-0.2, 0) is 22.9 Å². The van der Waals surface area contributed by atoms with Gasteiger partial charge in [0.25, 0.3) is 10.0 Å². The van der Waals surface area contributed by atoms with E-state index in [0.717, 1.165) is 46.0 Å². The lowest BCUT2D eigenvalue weighted by atomic mass is 9.92. The van der Waals surface area contributed by atoms with Gasteiger partial charge in [-0.3, -0.25) is 4.31 Å². The van der Waals surface area contributed by atoms with Gasteiger partial charge in [0, 0.05) is 22.1 Å². The quantitative estimate of drug-likeness (QED) is 0.529. The van der Waals surface area contributed by atoms with Gasteiger partial charge in [0.1, 0.15) is 10.9 Å². The fraction of sp³-hybridized carbons (Fsp3) is 0.261. The minimum Gasteiger partial charge on any atom is -0.264 e. The van der Waals surface area contributed by atoms with Gasteiger partial charge >= 0.3 is 0 Å². The topological polar surface area (TPSA) is 61.2 Å². The monoisotopic (exact) mass is 452 g/mol. The highest BCUT2D eigenvalue weighted by molar-refractivity contribution is 8.00. The molecule has 2 aliphatic rings. The summed E-state index contributed by atoms with van der Waals surface area (Å²) >= 11 is 3.11. The van der Waals surface area contributed by atoms with Crippen LogP contribution in [0.15, 0.2) is 58.3 Å². The average molecular weight is 453 g/mol. The summed E-state index contributed by atoms with van der Waals surface area (Å²) in [7, 11) is -3.64. The summed E-state index contributed by atoms with van der Waals surface area (Å²) in [6, 6.07) is 17.5. The fourth-order valence-corrected chi connectivity index (χ4v) is 7.62. The minimum atomic E-state index is -3.64. The molecule has 1 aromatic heterocycles. The third kappa shape index (κ3) is 3.43. The zero-order chi connectivity index (χ0) is 20.7. The van der Waals surface area contributed by atoms with Crippen molar-refractivity contribution in [3.63, 3.8) is 0 Å². The summed E-state index contributed by atoms with van der Waals surface area (Å²) < 4.78 is 28.8. The molecule has 1 aliphatic carbocycles. The molecule has 0 saturated carbocycles. The van der Waals surface area contributed by atoms with E-state index in [4.69, 9.17) is 5.26 Å². The lowest BCUT2D eigenvalue weighted by Crippen LogP contribution is -2.35. The molecule has 0 amide bonds. The third-order valence-electron chi connectivity index (χ3n) is 5.69. The predicted molar refractivity (Wildman–Crippen MR) is 123 cm³/mol. The fourth-order valence-electron chi connectivity index (χ4n) is 4.15. The normalized spacial score (nSPS) is 15.9. The van der Waals surface area contributed by atoms with Gasteiger partial charge in [-0.1, -0.05) is 12.1 Å². The number of hydrogen-bond donors (Lipinski definition) is 0. The van der Waals surface area contributed by atoms with Crippen molar-refractivity contribution in [2.75, 3.05) is 16.6 Å². The van der Waals surface area contributed by atoms with Crippen LogP contribution in [0.4, 0.5) is 5.69 Å². The largest absolute Gasteiger partial charge is 0.264 e. The Morgan fingerprint density at radius 2 is 1.80 bits per heavy atom.